The summed E-state index contributed by atoms with van der Waals surface area (Å²) in [6.07, 6.45) is 0. The number of carbonyl (C=O) groups excluding carboxylic acids is 5. The molecule has 2 aromatic heterocycles. The number of tetrazole rings is 1. The zero-order valence-electron chi connectivity index (χ0n) is 30.8. The maximum Gasteiger partial charge on any atom is 0.352 e. The summed E-state index contributed by atoms with van der Waals surface area (Å²) in [5, 5.41) is 43.2. The number of esters is 2. The molecule has 0 saturated carbocycles. The van der Waals surface area contributed by atoms with E-state index in [1.165, 1.54) is 30.3 Å². The largest absolute Gasteiger partial charge is 0.482 e. The van der Waals surface area contributed by atoms with Crippen LogP contribution in [0, 0.1) is 0 Å². The minimum absolute atomic E-state index is 0.0242. The number of β-lactam (4-membered cyclic amide) rings is 1. The van der Waals surface area contributed by atoms with Crippen molar-refractivity contribution in [3.8, 4) is 17.2 Å². The lowest BCUT2D eigenvalue weighted by Gasteiger charge is -2.49. The van der Waals surface area contributed by atoms with Crippen LogP contribution >= 0.6 is 23.5 Å². The molecule has 0 radical (unpaired) electrons. The van der Waals surface area contributed by atoms with Crippen LogP contribution in [0.15, 0.2) is 68.1 Å². The Labute approximate surface area is 343 Å². The van der Waals surface area contributed by atoms with Gasteiger partial charge in [-0.3, -0.25) is 33.7 Å². The molecule has 60 heavy (non-hydrogen) atoms. The third-order valence-corrected chi connectivity index (χ3v) is 10.8. The van der Waals surface area contributed by atoms with Crippen molar-refractivity contribution in [1.82, 2.24) is 35.7 Å². The number of nitrogens with one attached hydrogen (secondary N) is 2. The lowest BCUT2D eigenvalue weighted by Crippen LogP contribution is -2.71. The molecule has 4 heterocycles. The Balaban J connectivity index is 1.25. The summed E-state index contributed by atoms with van der Waals surface area (Å²) >= 11 is 2.08. The van der Waals surface area contributed by atoms with Crippen LogP contribution in [-0.2, 0) is 40.1 Å². The van der Waals surface area contributed by atoms with Crippen molar-refractivity contribution in [3.05, 3.63) is 75.3 Å². The van der Waals surface area contributed by atoms with E-state index in [-0.39, 0.29) is 56.1 Å². The van der Waals surface area contributed by atoms with Gasteiger partial charge in [0.2, 0.25) is 11.1 Å². The van der Waals surface area contributed by atoms with Crippen LogP contribution in [0.2, 0.25) is 0 Å². The fraction of sp³-hybridized carbons (Fsp3) is 0.257. The zero-order valence-corrected chi connectivity index (χ0v) is 32.4. The van der Waals surface area contributed by atoms with Crippen LogP contribution in [0.4, 0.5) is 0 Å². The summed E-state index contributed by atoms with van der Waals surface area (Å²) in [6.45, 7) is 0.948. The number of carboxylic acid groups (broad SMARTS) is 3. The van der Waals surface area contributed by atoms with Crippen LogP contribution in [0.25, 0.3) is 11.0 Å². The van der Waals surface area contributed by atoms with Gasteiger partial charge in [0.1, 0.15) is 46.6 Å². The van der Waals surface area contributed by atoms with E-state index in [0.29, 0.717) is 5.57 Å². The van der Waals surface area contributed by atoms with E-state index in [0.717, 1.165) is 59.1 Å². The van der Waals surface area contributed by atoms with Crippen LogP contribution < -0.4 is 30.5 Å². The van der Waals surface area contributed by atoms with Crippen molar-refractivity contribution in [2.24, 2.45) is 0 Å². The van der Waals surface area contributed by atoms with E-state index in [9.17, 15) is 48.3 Å². The number of nitrogens with zero attached hydrogens (tertiary/aromatic N) is 5. The van der Waals surface area contributed by atoms with Gasteiger partial charge in [-0.2, -0.15) is 0 Å². The highest BCUT2D eigenvalue weighted by Gasteiger charge is 2.54. The van der Waals surface area contributed by atoms with Gasteiger partial charge in [0.25, 0.3) is 11.8 Å². The Kier molecular flexibility index (Phi) is 12.5. The summed E-state index contributed by atoms with van der Waals surface area (Å²) in [5.74, 6) is -8.73. The molecule has 5 N–H and O–H groups in total. The lowest BCUT2D eigenvalue weighted by atomic mass is 10.0. The third kappa shape index (κ3) is 9.36. The van der Waals surface area contributed by atoms with Crippen LogP contribution in [0.5, 0.6) is 17.2 Å². The van der Waals surface area contributed by atoms with Crippen molar-refractivity contribution < 1.29 is 72.3 Å². The molecule has 23 nitrogen and oxygen atoms in total. The lowest BCUT2D eigenvalue weighted by molar-refractivity contribution is -0.151. The number of amides is 3. The second kappa shape index (κ2) is 17.7. The maximum atomic E-state index is 14.0. The molecule has 25 heteroatoms. The Morgan fingerprint density at radius 2 is 1.65 bits per heavy atom. The molecule has 2 aliphatic heterocycles. The number of carbonyl (C=O) groups is 8. The standard InChI is InChI=1S/C35H29N7O16S2/c1-14(43)56-22-8-17-7-20(34(54)58-21(17)9-23(22)57-15(2)44)29(49)36-26(16-3-5-19(6-4-16)55-11-25(47)48)30(50)37-27-31(51)42-28(33(52)53)18(12-59-32(27)42)13-60-35-38-39-40-41(35)10-24(45)46/h3-9,26-27,32H,10-13H2,1-2H3,(H,36,49)(H,37,50)(H,45,46)(H,47,48)(H,52,53)/t26?,27-,32-/m1/s1. The Bertz CT molecular complexity index is 2560. The number of aliphatic carboxylic acids is 3. The molecule has 2 aromatic carbocycles. The molecule has 1 fully saturated rings. The predicted molar refractivity (Wildman–Crippen MR) is 201 cm³/mol. The predicted octanol–water partition coefficient (Wildman–Crippen LogP) is 0.180. The number of benzene rings is 2. The highest BCUT2D eigenvalue weighted by atomic mass is 32.2. The van der Waals surface area contributed by atoms with Gasteiger partial charge in [0.15, 0.2) is 18.1 Å². The first-order chi connectivity index (χ1) is 28.5. The van der Waals surface area contributed by atoms with E-state index in [2.05, 4.69) is 26.2 Å². The van der Waals surface area contributed by atoms with Gasteiger partial charge in [0.05, 0.1) is 0 Å². The maximum absolute atomic E-state index is 14.0. The summed E-state index contributed by atoms with van der Waals surface area (Å²) in [7, 11) is 0. The molecule has 312 valence electrons. The van der Waals surface area contributed by atoms with E-state index >= 15 is 0 Å². The van der Waals surface area contributed by atoms with Crippen LogP contribution in [-0.4, -0.2) is 118 Å². The zero-order chi connectivity index (χ0) is 43.4. The average Bonchev–Trinajstić information content (AvgIpc) is 3.62. The van der Waals surface area contributed by atoms with Gasteiger partial charge in [-0.15, -0.1) is 16.9 Å². The van der Waals surface area contributed by atoms with E-state index < -0.39 is 89.4 Å². The Morgan fingerprint density at radius 1 is 0.967 bits per heavy atom. The number of fused-ring (bicyclic) bond motifs is 2. The first kappa shape index (κ1) is 42.3. The molecule has 4 aromatic rings. The number of rotatable bonds is 16. The van der Waals surface area contributed by atoms with Gasteiger partial charge in [-0.05, 0) is 45.8 Å². The first-order valence-electron chi connectivity index (χ1n) is 17.1. The fourth-order valence-corrected chi connectivity index (χ4v) is 8.24. The monoisotopic (exact) mass is 867 g/mol. The van der Waals surface area contributed by atoms with Gasteiger partial charge in [0, 0.05) is 36.8 Å². The number of aromatic nitrogens is 4. The Hall–Kier alpha value is -7.28. The highest BCUT2D eigenvalue weighted by molar-refractivity contribution is 8.01. The Morgan fingerprint density at radius 3 is 2.28 bits per heavy atom. The first-order valence-corrected chi connectivity index (χ1v) is 19.1. The number of carboxylic acids is 3. The second-order valence-corrected chi connectivity index (χ2v) is 14.6. The van der Waals surface area contributed by atoms with Gasteiger partial charge < -0.3 is 44.6 Å². The van der Waals surface area contributed by atoms with E-state index in [1.807, 2.05) is 0 Å². The van der Waals surface area contributed by atoms with Crippen molar-refractivity contribution in [3.63, 3.8) is 0 Å². The molecule has 2 aliphatic rings. The SMILES string of the molecule is CC(=O)Oc1cc2cc(C(=O)NC(C(=O)N[C@@H]3C(=O)N4C(C(=O)O)=C(CSc5nnnn5CC(=O)O)CS[C@H]34)c3ccc(OCC(=O)O)cc3)c(=O)oc2cc1OC(C)=O. The normalized spacial score (nSPS) is 16.2. The molecule has 3 amide bonds. The molecule has 1 unspecified atom stereocenters. The van der Waals surface area contributed by atoms with Crippen molar-refractivity contribution >= 4 is 82.1 Å². The smallest absolute Gasteiger partial charge is 0.352 e. The van der Waals surface area contributed by atoms with Crippen LogP contribution in [0.1, 0.15) is 35.8 Å². The molecule has 6 rings (SSSR count). The van der Waals surface area contributed by atoms with Crippen molar-refractivity contribution in [1.29, 1.82) is 0 Å². The van der Waals surface area contributed by atoms with Crippen LogP contribution in [0.3, 0.4) is 0 Å². The summed E-state index contributed by atoms with van der Waals surface area (Å²) in [6, 6.07) is 5.68. The minimum atomic E-state index is -1.64. The number of thioether (sulfide) groups is 2. The molecular weight excluding hydrogens is 839 g/mol. The van der Waals surface area contributed by atoms with Gasteiger partial charge >= 0.3 is 35.5 Å². The second-order valence-electron chi connectivity index (χ2n) is 12.6. The molecule has 0 spiro atoms. The third-order valence-electron chi connectivity index (χ3n) is 8.37. The van der Waals surface area contributed by atoms with E-state index in [4.69, 9.17) is 28.8 Å². The minimum Gasteiger partial charge on any atom is -0.482 e. The summed E-state index contributed by atoms with van der Waals surface area (Å²) in [4.78, 5) is 113. The number of hydrogen-bond acceptors (Lipinski definition) is 18. The quantitative estimate of drug-likeness (QED) is 0.0330. The number of hydrogen-bond donors (Lipinski definition) is 5. The summed E-state index contributed by atoms with van der Waals surface area (Å²) in [5.41, 5.74) is -1.95. The van der Waals surface area contributed by atoms with E-state index in [1.54, 1.807) is 0 Å². The highest BCUT2D eigenvalue weighted by Crippen LogP contribution is 2.42. The molecule has 0 aliphatic carbocycles. The molecule has 0 bridgehead atoms. The van der Waals surface area contributed by atoms with Crippen molar-refractivity contribution in [2.75, 3.05) is 18.1 Å². The van der Waals surface area contributed by atoms with Crippen molar-refractivity contribution in [2.45, 2.75) is 43.0 Å². The van der Waals surface area contributed by atoms with Gasteiger partial charge in [-0.25, -0.2) is 19.1 Å². The average molecular weight is 868 g/mol. The van der Waals surface area contributed by atoms with Gasteiger partial charge in [-0.1, -0.05) is 23.9 Å². The number of ether oxygens (including phenoxy) is 3. The molecule has 3 atom stereocenters. The fourth-order valence-electron chi connectivity index (χ4n) is 5.88. The summed E-state index contributed by atoms with van der Waals surface area (Å²) < 4.78 is 21.7. The molecule has 1 saturated heterocycles. The topological polar surface area (TPSA) is 326 Å². The molecular formula is C35H29N7O16S2.